The first kappa shape index (κ1) is 16.8. The summed E-state index contributed by atoms with van der Waals surface area (Å²) >= 11 is 0. The zero-order valence-electron chi connectivity index (χ0n) is 14.9. The molecule has 0 amide bonds. The highest BCUT2D eigenvalue weighted by Crippen LogP contribution is 2.27. The van der Waals surface area contributed by atoms with Gasteiger partial charge in [0.05, 0.1) is 17.0 Å². The maximum Gasteiger partial charge on any atom is 0.335 e. The van der Waals surface area contributed by atoms with Crippen LogP contribution in [-0.4, -0.2) is 25.7 Å². The van der Waals surface area contributed by atoms with Crippen molar-refractivity contribution in [2.45, 2.75) is 13.8 Å². The van der Waals surface area contributed by atoms with Crippen LogP contribution in [0.15, 0.2) is 59.4 Å². The Morgan fingerprint density at radius 2 is 1.78 bits per heavy atom. The average Bonchev–Trinajstić information content (AvgIpc) is 2.99. The summed E-state index contributed by atoms with van der Waals surface area (Å²) in [5, 5.41) is 13.5. The fourth-order valence-electron chi connectivity index (χ4n) is 3.19. The SMILES string of the molecule is Cc1ccccc1-c1nn2c(=O)cc(-c3ccc(C(=O)O)cc3)[nH]c2c1C. The van der Waals surface area contributed by atoms with E-state index in [0.717, 1.165) is 27.9 Å². The minimum absolute atomic E-state index is 0.199. The highest BCUT2D eigenvalue weighted by Gasteiger charge is 2.16. The molecule has 0 atom stereocenters. The molecule has 0 fully saturated rings. The Balaban J connectivity index is 1.89. The predicted molar refractivity (Wildman–Crippen MR) is 103 cm³/mol. The van der Waals surface area contributed by atoms with Crippen LogP contribution >= 0.6 is 0 Å². The van der Waals surface area contributed by atoms with E-state index in [1.165, 1.54) is 22.7 Å². The van der Waals surface area contributed by atoms with Crippen LogP contribution in [0.1, 0.15) is 21.5 Å². The van der Waals surface area contributed by atoms with E-state index in [1.54, 1.807) is 12.1 Å². The van der Waals surface area contributed by atoms with Gasteiger partial charge in [-0.3, -0.25) is 4.79 Å². The smallest absolute Gasteiger partial charge is 0.335 e. The number of benzene rings is 2. The second-order valence-corrected chi connectivity index (χ2v) is 6.45. The van der Waals surface area contributed by atoms with Crippen LogP contribution in [0, 0.1) is 13.8 Å². The summed E-state index contributed by atoms with van der Waals surface area (Å²) in [6, 6.07) is 15.8. The molecule has 0 aliphatic carbocycles. The maximum atomic E-state index is 12.6. The van der Waals surface area contributed by atoms with Crippen molar-refractivity contribution in [3.05, 3.63) is 81.6 Å². The molecule has 0 saturated carbocycles. The van der Waals surface area contributed by atoms with E-state index in [9.17, 15) is 9.59 Å². The molecule has 4 rings (SSSR count). The maximum absolute atomic E-state index is 12.6. The summed E-state index contributed by atoms with van der Waals surface area (Å²) in [6.07, 6.45) is 0. The van der Waals surface area contributed by atoms with Crippen LogP contribution < -0.4 is 5.56 Å². The summed E-state index contributed by atoms with van der Waals surface area (Å²) in [6.45, 7) is 3.94. The third-order valence-corrected chi connectivity index (χ3v) is 4.69. The van der Waals surface area contributed by atoms with Crippen molar-refractivity contribution in [3.8, 4) is 22.5 Å². The second kappa shape index (κ2) is 6.25. The Hall–Kier alpha value is -3.67. The monoisotopic (exact) mass is 359 g/mol. The second-order valence-electron chi connectivity index (χ2n) is 6.45. The van der Waals surface area contributed by atoms with Gasteiger partial charge in [-0.25, -0.2) is 4.79 Å². The third kappa shape index (κ3) is 2.81. The molecular weight excluding hydrogens is 342 g/mol. The zero-order chi connectivity index (χ0) is 19.1. The summed E-state index contributed by atoms with van der Waals surface area (Å²) < 4.78 is 1.37. The number of aryl methyl sites for hydroxylation is 2. The number of rotatable bonds is 3. The van der Waals surface area contributed by atoms with E-state index < -0.39 is 5.97 Å². The molecular formula is C21H17N3O3. The van der Waals surface area contributed by atoms with Gasteiger partial charge in [0, 0.05) is 17.2 Å². The van der Waals surface area contributed by atoms with E-state index in [4.69, 9.17) is 5.11 Å². The molecule has 6 heteroatoms. The Morgan fingerprint density at radius 3 is 2.44 bits per heavy atom. The lowest BCUT2D eigenvalue weighted by atomic mass is 10.0. The van der Waals surface area contributed by atoms with Gasteiger partial charge < -0.3 is 10.1 Å². The Morgan fingerprint density at radius 1 is 1.07 bits per heavy atom. The summed E-state index contributed by atoms with van der Waals surface area (Å²) in [7, 11) is 0. The first-order valence-electron chi connectivity index (χ1n) is 8.48. The van der Waals surface area contributed by atoms with Gasteiger partial charge in [0.15, 0.2) is 0 Å². The molecule has 2 aromatic heterocycles. The molecule has 2 N–H and O–H groups in total. The van der Waals surface area contributed by atoms with Gasteiger partial charge in [-0.2, -0.15) is 9.61 Å². The van der Waals surface area contributed by atoms with Gasteiger partial charge >= 0.3 is 5.97 Å². The summed E-state index contributed by atoms with van der Waals surface area (Å²) in [5.74, 6) is -0.986. The van der Waals surface area contributed by atoms with Crippen molar-refractivity contribution in [2.75, 3.05) is 0 Å². The molecule has 134 valence electrons. The van der Waals surface area contributed by atoms with Gasteiger partial charge in [0.2, 0.25) is 0 Å². The molecule has 27 heavy (non-hydrogen) atoms. The average molecular weight is 359 g/mol. The van der Waals surface area contributed by atoms with Gasteiger partial charge in [-0.05, 0) is 37.1 Å². The van der Waals surface area contributed by atoms with Crippen LogP contribution in [-0.2, 0) is 0 Å². The predicted octanol–water partition coefficient (Wildman–Crippen LogP) is 3.67. The first-order chi connectivity index (χ1) is 13.0. The molecule has 4 aromatic rings. The van der Waals surface area contributed by atoms with E-state index >= 15 is 0 Å². The van der Waals surface area contributed by atoms with Gasteiger partial charge in [-0.15, -0.1) is 0 Å². The third-order valence-electron chi connectivity index (χ3n) is 4.69. The molecule has 2 heterocycles. The molecule has 0 aliphatic rings. The van der Waals surface area contributed by atoms with Crippen molar-refractivity contribution in [3.63, 3.8) is 0 Å². The molecule has 0 radical (unpaired) electrons. The summed E-state index contributed by atoms with van der Waals surface area (Å²) in [4.78, 5) is 26.9. The molecule has 0 unspecified atom stereocenters. The van der Waals surface area contributed by atoms with E-state index in [0.29, 0.717) is 11.3 Å². The minimum atomic E-state index is -0.986. The Bertz CT molecular complexity index is 1230. The molecule has 6 nitrogen and oxygen atoms in total. The number of aromatic amines is 1. The Kier molecular flexibility index (Phi) is 3.88. The summed E-state index contributed by atoms with van der Waals surface area (Å²) in [5.41, 5.74) is 5.64. The van der Waals surface area contributed by atoms with Crippen molar-refractivity contribution in [1.82, 2.24) is 14.6 Å². The highest BCUT2D eigenvalue weighted by atomic mass is 16.4. The Labute approximate surface area is 154 Å². The molecule has 0 aliphatic heterocycles. The largest absolute Gasteiger partial charge is 0.478 e. The number of hydrogen-bond acceptors (Lipinski definition) is 3. The normalized spacial score (nSPS) is 11.0. The highest BCUT2D eigenvalue weighted by molar-refractivity contribution is 5.88. The number of H-pyrrole nitrogens is 1. The van der Waals surface area contributed by atoms with Crippen molar-refractivity contribution in [2.24, 2.45) is 0 Å². The van der Waals surface area contributed by atoms with E-state index in [-0.39, 0.29) is 11.1 Å². The van der Waals surface area contributed by atoms with Crippen LogP contribution in [0.25, 0.3) is 28.2 Å². The fraction of sp³-hybridized carbons (Fsp3) is 0.0952. The van der Waals surface area contributed by atoms with Gasteiger partial charge in [-0.1, -0.05) is 36.4 Å². The van der Waals surface area contributed by atoms with Crippen LogP contribution in [0.5, 0.6) is 0 Å². The number of fused-ring (bicyclic) bond motifs is 1. The lowest BCUT2D eigenvalue weighted by molar-refractivity contribution is 0.0697. The van der Waals surface area contributed by atoms with Crippen LogP contribution in [0.2, 0.25) is 0 Å². The number of carbonyl (C=O) groups is 1. The quantitative estimate of drug-likeness (QED) is 0.584. The van der Waals surface area contributed by atoms with Crippen molar-refractivity contribution < 1.29 is 9.90 Å². The molecule has 0 saturated heterocycles. The first-order valence-corrected chi connectivity index (χ1v) is 8.48. The zero-order valence-corrected chi connectivity index (χ0v) is 14.9. The van der Waals surface area contributed by atoms with Crippen molar-refractivity contribution in [1.29, 1.82) is 0 Å². The fourth-order valence-corrected chi connectivity index (χ4v) is 3.19. The number of nitrogens with zero attached hydrogens (tertiary/aromatic N) is 2. The van der Waals surface area contributed by atoms with Crippen molar-refractivity contribution >= 4 is 11.6 Å². The number of nitrogens with one attached hydrogen (secondary N) is 1. The molecule has 2 aromatic carbocycles. The lowest BCUT2D eigenvalue weighted by Crippen LogP contribution is -2.14. The van der Waals surface area contributed by atoms with Gasteiger partial charge in [0.25, 0.3) is 5.56 Å². The lowest BCUT2D eigenvalue weighted by Gasteiger charge is -2.04. The number of carboxylic acids is 1. The number of hydrogen-bond donors (Lipinski definition) is 2. The standard InChI is InChI=1S/C21H17N3O3/c1-12-5-3-4-6-16(12)19-13(2)20-22-17(11-18(25)24(20)23-19)14-7-9-15(10-8-14)21(26)27/h3-11,22H,1-2H3,(H,26,27). The number of aromatic nitrogens is 3. The number of carboxylic acid groups (broad SMARTS) is 1. The van der Waals surface area contributed by atoms with E-state index in [2.05, 4.69) is 10.1 Å². The minimum Gasteiger partial charge on any atom is -0.478 e. The molecule has 0 bridgehead atoms. The van der Waals surface area contributed by atoms with Gasteiger partial charge in [0.1, 0.15) is 5.65 Å². The topological polar surface area (TPSA) is 87.5 Å². The van der Waals surface area contributed by atoms with Crippen LogP contribution in [0.3, 0.4) is 0 Å². The number of aromatic carboxylic acids is 1. The van der Waals surface area contributed by atoms with E-state index in [1.807, 2.05) is 38.1 Å². The molecule has 0 spiro atoms. The van der Waals surface area contributed by atoms with Crippen LogP contribution in [0.4, 0.5) is 0 Å².